The Morgan fingerprint density at radius 3 is 2.38 bits per heavy atom. The minimum atomic E-state index is -0.656. The predicted molar refractivity (Wildman–Crippen MR) is 89.2 cm³/mol. The molecule has 4 heteroatoms. The molecule has 0 aromatic heterocycles. The molecule has 1 rings (SSSR count). The number of para-hydroxylation sites is 1. The summed E-state index contributed by atoms with van der Waals surface area (Å²) < 4.78 is 5.42. The zero-order chi connectivity index (χ0) is 15.7. The van der Waals surface area contributed by atoms with Crippen LogP contribution in [-0.4, -0.2) is 24.5 Å². The lowest BCUT2D eigenvalue weighted by atomic mass is 10.0. The van der Waals surface area contributed by atoms with Gasteiger partial charge in [0, 0.05) is 12.3 Å². The topological polar surface area (TPSA) is 38.3 Å². The minimum Gasteiger partial charge on any atom is -0.379 e. The maximum atomic E-state index is 12.2. The SMILES string of the molecule is CCCCOCC(Cl)C(=O)Nc1c(CC)cccc1CC. The average Bonchev–Trinajstić information content (AvgIpc) is 2.51. The molecule has 0 radical (unpaired) electrons. The molecule has 0 saturated heterocycles. The number of rotatable bonds is 9. The monoisotopic (exact) mass is 311 g/mol. The molecule has 118 valence electrons. The van der Waals surface area contributed by atoms with Gasteiger partial charge in [0.1, 0.15) is 5.38 Å². The second kappa shape index (κ2) is 9.80. The van der Waals surface area contributed by atoms with Crippen molar-refractivity contribution in [3.8, 4) is 0 Å². The fourth-order valence-electron chi connectivity index (χ4n) is 2.11. The molecule has 3 nitrogen and oxygen atoms in total. The van der Waals surface area contributed by atoms with Crippen LogP contribution in [0.4, 0.5) is 5.69 Å². The number of halogens is 1. The number of hydrogen-bond donors (Lipinski definition) is 1. The van der Waals surface area contributed by atoms with Crippen molar-refractivity contribution in [2.24, 2.45) is 0 Å². The van der Waals surface area contributed by atoms with Crippen LogP contribution in [0.5, 0.6) is 0 Å². The van der Waals surface area contributed by atoms with Crippen molar-refractivity contribution in [2.45, 2.75) is 51.8 Å². The van der Waals surface area contributed by atoms with E-state index in [-0.39, 0.29) is 12.5 Å². The Bertz CT molecular complexity index is 426. The van der Waals surface area contributed by atoms with Crippen molar-refractivity contribution in [3.63, 3.8) is 0 Å². The fraction of sp³-hybridized carbons (Fsp3) is 0.588. The summed E-state index contributed by atoms with van der Waals surface area (Å²) in [5.41, 5.74) is 3.18. The molecule has 1 aromatic rings. The quantitative estimate of drug-likeness (QED) is 0.549. The van der Waals surface area contributed by atoms with E-state index in [1.165, 1.54) is 0 Å². The van der Waals surface area contributed by atoms with Crippen LogP contribution in [0.2, 0.25) is 0 Å². The van der Waals surface area contributed by atoms with Gasteiger partial charge in [-0.15, -0.1) is 11.6 Å². The van der Waals surface area contributed by atoms with Crippen molar-refractivity contribution in [3.05, 3.63) is 29.3 Å². The van der Waals surface area contributed by atoms with E-state index in [2.05, 4.69) is 26.1 Å². The first-order valence-electron chi connectivity index (χ1n) is 7.77. The lowest BCUT2D eigenvalue weighted by molar-refractivity contribution is -0.116. The van der Waals surface area contributed by atoms with Gasteiger partial charge in [-0.25, -0.2) is 0 Å². The van der Waals surface area contributed by atoms with Crippen molar-refractivity contribution in [2.75, 3.05) is 18.5 Å². The maximum Gasteiger partial charge on any atom is 0.244 e. The van der Waals surface area contributed by atoms with Gasteiger partial charge in [0.05, 0.1) is 6.61 Å². The molecule has 0 aliphatic carbocycles. The average molecular weight is 312 g/mol. The Morgan fingerprint density at radius 1 is 1.24 bits per heavy atom. The maximum absolute atomic E-state index is 12.2. The number of hydrogen-bond acceptors (Lipinski definition) is 2. The van der Waals surface area contributed by atoms with Crippen LogP contribution < -0.4 is 5.32 Å². The van der Waals surface area contributed by atoms with E-state index < -0.39 is 5.38 Å². The third-order valence-corrected chi connectivity index (χ3v) is 3.76. The summed E-state index contributed by atoms with van der Waals surface area (Å²) in [6, 6.07) is 6.10. The second-order valence-electron chi connectivity index (χ2n) is 5.04. The molecule has 0 bridgehead atoms. The summed E-state index contributed by atoms with van der Waals surface area (Å²) in [5, 5.41) is 2.31. The zero-order valence-electron chi connectivity index (χ0n) is 13.2. The van der Waals surface area contributed by atoms with E-state index in [1.807, 2.05) is 18.2 Å². The largest absolute Gasteiger partial charge is 0.379 e. The van der Waals surface area contributed by atoms with Crippen molar-refractivity contribution >= 4 is 23.2 Å². The van der Waals surface area contributed by atoms with Gasteiger partial charge in [-0.05, 0) is 30.4 Å². The van der Waals surface area contributed by atoms with Crippen LogP contribution in [0, 0.1) is 0 Å². The minimum absolute atomic E-state index is 0.191. The first-order valence-corrected chi connectivity index (χ1v) is 8.21. The number of unbranched alkanes of at least 4 members (excludes halogenated alkanes) is 1. The van der Waals surface area contributed by atoms with E-state index in [4.69, 9.17) is 16.3 Å². The molecule has 0 saturated carbocycles. The molecule has 1 unspecified atom stereocenters. The Kier molecular flexibility index (Phi) is 8.40. The van der Waals surface area contributed by atoms with Crippen LogP contribution >= 0.6 is 11.6 Å². The van der Waals surface area contributed by atoms with Gasteiger partial charge in [0.2, 0.25) is 5.91 Å². The molecule has 21 heavy (non-hydrogen) atoms. The van der Waals surface area contributed by atoms with E-state index in [1.54, 1.807) is 0 Å². The number of carbonyl (C=O) groups is 1. The third kappa shape index (κ3) is 5.68. The summed E-state index contributed by atoms with van der Waals surface area (Å²) >= 11 is 6.11. The highest BCUT2D eigenvalue weighted by Crippen LogP contribution is 2.23. The molecule has 1 N–H and O–H groups in total. The van der Waals surface area contributed by atoms with Crippen LogP contribution in [0.25, 0.3) is 0 Å². The standard InChI is InChI=1S/C17H26ClNO2/c1-4-7-11-21-12-15(18)17(20)19-16-13(5-2)9-8-10-14(16)6-3/h8-10,15H,4-7,11-12H2,1-3H3,(H,19,20). The van der Waals surface area contributed by atoms with E-state index in [0.717, 1.165) is 42.5 Å². The smallest absolute Gasteiger partial charge is 0.244 e. The number of alkyl halides is 1. The van der Waals surface area contributed by atoms with Crippen LogP contribution in [-0.2, 0) is 22.4 Å². The highest BCUT2D eigenvalue weighted by molar-refractivity contribution is 6.32. The van der Waals surface area contributed by atoms with Gasteiger partial charge in [0.15, 0.2) is 0 Å². The van der Waals surface area contributed by atoms with Gasteiger partial charge in [-0.1, -0.05) is 45.4 Å². The molecule has 1 aromatic carbocycles. The van der Waals surface area contributed by atoms with Gasteiger partial charge >= 0.3 is 0 Å². The van der Waals surface area contributed by atoms with Crippen molar-refractivity contribution in [1.82, 2.24) is 0 Å². The van der Waals surface area contributed by atoms with Crippen molar-refractivity contribution in [1.29, 1.82) is 0 Å². The van der Waals surface area contributed by atoms with Gasteiger partial charge in [0.25, 0.3) is 0 Å². The van der Waals surface area contributed by atoms with Crippen LogP contribution in [0.1, 0.15) is 44.7 Å². The normalized spacial score (nSPS) is 12.2. The molecule has 0 aliphatic heterocycles. The Morgan fingerprint density at radius 2 is 1.86 bits per heavy atom. The molecular weight excluding hydrogens is 286 g/mol. The van der Waals surface area contributed by atoms with E-state index in [9.17, 15) is 4.79 Å². The molecule has 1 atom stereocenters. The molecular formula is C17H26ClNO2. The number of nitrogens with one attached hydrogen (secondary N) is 1. The van der Waals surface area contributed by atoms with Gasteiger partial charge in [-0.2, -0.15) is 0 Å². The highest BCUT2D eigenvalue weighted by atomic mass is 35.5. The number of ether oxygens (including phenoxy) is 1. The molecule has 1 amide bonds. The van der Waals surface area contributed by atoms with E-state index in [0.29, 0.717) is 6.61 Å². The van der Waals surface area contributed by atoms with Crippen LogP contribution in [0.15, 0.2) is 18.2 Å². The number of anilines is 1. The number of carbonyl (C=O) groups excluding carboxylic acids is 1. The highest BCUT2D eigenvalue weighted by Gasteiger charge is 2.18. The Balaban J connectivity index is 2.65. The summed E-state index contributed by atoms with van der Waals surface area (Å²) in [4.78, 5) is 12.2. The summed E-state index contributed by atoms with van der Waals surface area (Å²) in [6.45, 7) is 7.16. The number of amides is 1. The van der Waals surface area contributed by atoms with E-state index >= 15 is 0 Å². The summed E-state index contributed by atoms with van der Waals surface area (Å²) in [7, 11) is 0. The molecule has 0 fully saturated rings. The molecule has 0 heterocycles. The number of benzene rings is 1. The van der Waals surface area contributed by atoms with Crippen LogP contribution in [0.3, 0.4) is 0 Å². The lowest BCUT2D eigenvalue weighted by Crippen LogP contribution is -2.28. The third-order valence-electron chi connectivity index (χ3n) is 3.44. The van der Waals surface area contributed by atoms with Crippen molar-refractivity contribution < 1.29 is 9.53 Å². The van der Waals surface area contributed by atoms with Gasteiger partial charge < -0.3 is 10.1 Å². The first kappa shape index (κ1) is 18.0. The predicted octanol–water partition coefficient (Wildman–Crippen LogP) is 4.17. The summed E-state index contributed by atoms with van der Waals surface area (Å²) in [6.07, 6.45) is 3.82. The first-order chi connectivity index (χ1) is 10.1. The fourth-order valence-corrected chi connectivity index (χ4v) is 2.26. The molecule has 0 aliphatic rings. The Labute approximate surface area is 133 Å². The number of aryl methyl sites for hydroxylation is 2. The molecule has 0 spiro atoms. The lowest BCUT2D eigenvalue weighted by Gasteiger charge is -2.16. The second-order valence-corrected chi connectivity index (χ2v) is 5.57. The zero-order valence-corrected chi connectivity index (χ0v) is 14.0. The van der Waals surface area contributed by atoms with Gasteiger partial charge in [-0.3, -0.25) is 4.79 Å². The Hall–Kier alpha value is -1.06. The summed E-state index contributed by atoms with van der Waals surface area (Å²) in [5.74, 6) is -0.191.